The molecular weight excluding hydrogens is 290 g/mol. The van der Waals surface area contributed by atoms with Gasteiger partial charge in [0.2, 0.25) is 0 Å². The van der Waals surface area contributed by atoms with Crippen LogP contribution in [0.25, 0.3) is 0 Å². The highest BCUT2D eigenvalue weighted by Crippen LogP contribution is 2.24. The summed E-state index contributed by atoms with van der Waals surface area (Å²) in [6.45, 7) is 9.86. The molecule has 1 aromatic rings. The molecule has 1 fully saturated rings. The zero-order chi connectivity index (χ0) is 16.9. The lowest BCUT2D eigenvalue weighted by atomic mass is 9.87. The van der Waals surface area contributed by atoms with E-state index in [2.05, 4.69) is 37.8 Å². The number of piperidine rings is 1. The quantitative estimate of drug-likeness (QED) is 0.815. The van der Waals surface area contributed by atoms with Crippen LogP contribution in [0.5, 0.6) is 5.75 Å². The molecular formula is C19H29NO3. The van der Waals surface area contributed by atoms with Crippen molar-refractivity contribution >= 4 is 5.97 Å². The first-order valence-electron chi connectivity index (χ1n) is 8.55. The molecule has 1 heterocycles. The van der Waals surface area contributed by atoms with Gasteiger partial charge in [0.1, 0.15) is 5.75 Å². The van der Waals surface area contributed by atoms with Crippen LogP contribution in [0.2, 0.25) is 0 Å². The van der Waals surface area contributed by atoms with Crippen LogP contribution in [0.3, 0.4) is 0 Å². The summed E-state index contributed by atoms with van der Waals surface area (Å²) in [5.74, 6) is 0.0413. The van der Waals surface area contributed by atoms with Crippen LogP contribution in [-0.4, -0.2) is 42.2 Å². The molecule has 1 unspecified atom stereocenters. The second-order valence-corrected chi connectivity index (χ2v) is 7.45. The summed E-state index contributed by atoms with van der Waals surface area (Å²) in [6.07, 6.45) is 2.71. The van der Waals surface area contributed by atoms with Gasteiger partial charge in [-0.1, -0.05) is 32.9 Å². The predicted octanol–water partition coefficient (Wildman–Crippen LogP) is 3.55. The number of carboxylic acid groups (broad SMARTS) is 1. The van der Waals surface area contributed by atoms with Crippen molar-refractivity contribution in [2.24, 2.45) is 5.92 Å². The van der Waals surface area contributed by atoms with Gasteiger partial charge in [0.15, 0.2) is 0 Å². The first-order valence-corrected chi connectivity index (χ1v) is 8.55. The van der Waals surface area contributed by atoms with Crippen LogP contribution in [-0.2, 0) is 10.2 Å². The average molecular weight is 319 g/mol. The van der Waals surface area contributed by atoms with Crippen LogP contribution in [0.1, 0.15) is 45.6 Å². The van der Waals surface area contributed by atoms with Crippen LogP contribution < -0.4 is 4.74 Å². The lowest BCUT2D eigenvalue weighted by molar-refractivity contribution is -0.143. The Morgan fingerprint density at radius 1 is 1.30 bits per heavy atom. The summed E-state index contributed by atoms with van der Waals surface area (Å²) in [5, 5.41) is 9.10. The first kappa shape index (κ1) is 17.8. The van der Waals surface area contributed by atoms with Crippen LogP contribution in [0, 0.1) is 5.92 Å². The van der Waals surface area contributed by atoms with Crippen LogP contribution in [0.4, 0.5) is 0 Å². The van der Waals surface area contributed by atoms with Crippen LogP contribution >= 0.6 is 0 Å². The zero-order valence-electron chi connectivity index (χ0n) is 14.5. The van der Waals surface area contributed by atoms with Gasteiger partial charge in [0, 0.05) is 13.1 Å². The Morgan fingerprint density at radius 2 is 2.00 bits per heavy atom. The van der Waals surface area contributed by atoms with Crippen LogP contribution in [0.15, 0.2) is 24.3 Å². The van der Waals surface area contributed by atoms with E-state index in [0.717, 1.165) is 38.1 Å². The molecule has 1 N–H and O–H groups in total. The van der Waals surface area contributed by atoms with Gasteiger partial charge in [-0.3, -0.25) is 4.79 Å². The third kappa shape index (κ3) is 5.54. The summed E-state index contributed by atoms with van der Waals surface area (Å²) >= 11 is 0. The number of carbonyl (C=O) groups is 1. The lowest BCUT2D eigenvalue weighted by Crippen LogP contribution is -2.39. The molecule has 1 atom stereocenters. The Labute approximate surface area is 139 Å². The van der Waals surface area contributed by atoms with Gasteiger partial charge in [0.25, 0.3) is 0 Å². The molecule has 1 aromatic carbocycles. The van der Waals surface area contributed by atoms with Crippen molar-refractivity contribution in [3.8, 4) is 5.75 Å². The topological polar surface area (TPSA) is 49.8 Å². The highest BCUT2D eigenvalue weighted by Gasteiger charge is 2.24. The fraction of sp³-hybridized carbons (Fsp3) is 0.632. The van der Waals surface area contributed by atoms with Crippen molar-refractivity contribution in [2.75, 3.05) is 26.2 Å². The first-order chi connectivity index (χ1) is 10.9. The van der Waals surface area contributed by atoms with E-state index in [1.807, 2.05) is 12.1 Å². The monoisotopic (exact) mass is 319 g/mol. The van der Waals surface area contributed by atoms with Crippen molar-refractivity contribution in [1.29, 1.82) is 0 Å². The van der Waals surface area contributed by atoms with Crippen molar-refractivity contribution in [1.82, 2.24) is 4.90 Å². The maximum Gasteiger partial charge on any atom is 0.307 e. The molecule has 0 aromatic heterocycles. The van der Waals surface area contributed by atoms with Gasteiger partial charge in [-0.05, 0) is 48.9 Å². The second kappa shape index (κ2) is 7.82. The maximum absolute atomic E-state index is 11.1. The van der Waals surface area contributed by atoms with E-state index in [0.29, 0.717) is 13.2 Å². The van der Waals surface area contributed by atoms with E-state index in [-0.39, 0.29) is 11.3 Å². The third-order valence-electron chi connectivity index (χ3n) is 4.46. The van der Waals surface area contributed by atoms with E-state index < -0.39 is 5.97 Å². The Hall–Kier alpha value is -1.55. The van der Waals surface area contributed by atoms with Crippen molar-refractivity contribution in [3.05, 3.63) is 29.8 Å². The number of nitrogens with zero attached hydrogens (tertiary/aromatic N) is 1. The maximum atomic E-state index is 11.1. The Bertz CT molecular complexity index is 504. The molecule has 0 radical (unpaired) electrons. The normalized spacial score (nSPS) is 19.5. The fourth-order valence-corrected chi connectivity index (χ4v) is 2.99. The summed E-state index contributed by atoms with van der Waals surface area (Å²) in [4.78, 5) is 13.3. The van der Waals surface area contributed by atoms with E-state index in [1.165, 1.54) is 5.56 Å². The molecule has 1 aliphatic heterocycles. The van der Waals surface area contributed by atoms with Crippen molar-refractivity contribution in [3.63, 3.8) is 0 Å². The zero-order valence-corrected chi connectivity index (χ0v) is 14.5. The molecule has 0 bridgehead atoms. The highest BCUT2D eigenvalue weighted by atomic mass is 16.5. The minimum absolute atomic E-state index is 0.160. The molecule has 2 rings (SSSR count). The van der Waals surface area contributed by atoms with Gasteiger partial charge in [0.05, 0.1) is 12.5 Å². The summed E-state index contributed by atoms with van der Waals surface area (Å²) in [6, 6.07) is 8.30. The number of benzene rings is 1. The summed E-state index contributed by atoms with van der Waals surface area (Å²) in [7, 11) is 0. The molecule has 0 spiro atoms. The Balaban J connectivity index is 1.70. The minimum Gasteiger partial charge on any atom is -0.494 e. The molecule has 1 aliphatic rings. The molecule has 0 aliphatic carbocycles. The van der Waals surface area contributed by atoms with E-state index in [4.69, 9.17) is 9.84 Å². The largest absolute Gasteiger partial charge is 0.494 e. The van der Waals surface area contributed by atoms with E-state index in [1.54, 1.807) is 0 Å². The molecule has 4 heteroatoms. The fourth-order valence-electron chi connectivity index (χ4n) is 2.99. The second-order valence-electron chi connectivity index (χ2n) is 7.45. The van der Waals surface area contributed by atoms with E-state index in [9.17, 15) is 4.79 Å². The number of hydrogen-bond acceptors (Lipinski definition) is 3. The molecule has 4 nitrogen and oxygen atoms in total. The number of likely N-dealkylation sites (tertiary alicyclic amines) is 1. The van der Waals surface area contributed by atoms with Gasteiger partial charge in [-0.25, -0.2) is 0 Å². The molecule has 0 saturated carbocycles. The summed E-state index contributed by atoms with van der Waals surface area (Å²) < 4.78 is 5.80. The minimum atomic E-state index is -0.662. The van der Waals surface area contributed by atoms with Gasteiger partial charge in [-0.2, -0.15) is 0 Å². The molecule has 1 saturated heterocycles. The van der Waals surface area contributed by atoms with Crippen molar-refractivity contribution < 1.29 is 14.6 Å². The highest BCUT2D eigenvalue weighted by molar-refractivity contribution is 5.70. The standard InChI is InChI=1S/C19H29NO3/c1-19(2,3)16-7-9-17(10-8-16)23-13-5-12-20-11-4-6-15(14-20)18(21)22/h7-10,15H,4-6,11-14H2,1-3H3,(H,21,22). The number of rotatable bonds is 6. The molecule has 23 heavy (non-hydrogen) atoms. The average Bonchev–Trinajstić information content (AvgIpc) is 2.51. The van der Waals surface area contributed by atoms with E-state index >= 15 is 0 Å². The Kier molecular flexibility index (Phi) is 6.05. The van der Waals surface area contributed by atoms with Crippen molar-refractivity contribution in [2.45, 2.75) is 45.4 Å². The SMILES string of the molecule is CC(C)(C)c1ccc(OCCCN2CCCC(C(=O)O)C2)cc1. The smallest absolute Gasteiger partial charge is 0.307 e. The molecule has 0 amide bonds. The van der Waals surface area contributed by atoms with Gasteiger partial charge < -0.3 is 14.7 Å². The number of hydrogen-bond donors (Lipinski definition) is 1. The molecule has 128 valence electrons. The number of ether oxygens (including phenoxy) is 1. The summed E-state index contributed by atoms with van der Waals surface area (Å²) in [5.41, 5.74) is 1.46. The predicted molar refractivity (Wildman–Crippen MR) is 92.1 cm³/mol. The Morgan fingerprint density at radius 3 is 2.61 bits per heavy atom. The van der Waals surface area contributed by atoms with Gasteiger partial charge >= 0.3 is 5.97 Å². The number of carboxylic acids is 1. The number of aliphatic carboxylic acids is 1. The van der Waals surface area contributed by atoms with Gasteiger partial charge in [-0.15, -0.1) is 0 Å². The third-order valence-corrected chi connectivity index (χ3v) is 4.46. The lowest BCUT2D eigenvalue weighted by Gasteiger charge is -2.30.